The number of carbonyl (C=O) groups excluding carboxylic acids is 3. The molecule has 1 atom stereocenters. The van der Waals surface area contributed by atoms with Gasteiger partial charge in [0, 0.05) is 7.05 Å². The largest absolute Gasteiger partial charge is 0.319 e. The predicted octanol–water partition coefficient (Wildman–Crippen LogP) is 2.35. The van der Waals surface area contributed by atoms with Crippen LogP contribution in [0.25, 0.3) is 10.2 Å². The van der Waals surface area contributed by atoms with E-state index in [4.69, 9.17) is 0 Å². The second kappa shape index (κ2) is 6.03. The molecule has 1 aliphatic heterocycles. The van der Waals surface area contributed by atoms with Crippen molar-refractivity contribution in [2.24, 2.45) is 12.0 Å². The van der Waals surface area contributed by atoms with Crippen LogP contribution >= 0.6 is 11.3 Å². The smallest absolute Gasteiger partial charge is 0.271 e. The molecular formula is C19H15N3O3S. The minimum atomic E-state index is -0.965. The first kappa shape index (κ1) is 16.4. The average Bonchev–Trinajstić information content (AvgIpc) is 3.10. The molecule has 1 aromatic heterocycles. The van der Waals surface area contributed by atoms with Crippen molar-refractivity contribution in [2.75, 3.05) is 0 Å². The number of carbonyl (C=O) groups is 3. The fraction of sp³-hybridized carbons (Fsp3) is 0.158. The Labute approximate surface area is 153 Å². The Hall–Kier alpha value is -3.06. The maximum absolute atomic E-state index is 12.7. The third kappa shape index (κ3) is 2.40. The number of benzene rings is 2. The van der Waals surface area contributed by atoms with E-state index in [0.29, 0.717) is 15.9 Å². The van der Waals surface area contributed by atoms with E-state index in [0.717, 1.165) is 15.1 Å². The van der Waals surface area contributed by atoms with Gasteiger partial charge in [-0.3, -0.25) is 19.3 Å². The molecule has 0 aliphatic carbocycles. The zero-order valence-corrected chi connectivity index (χ0v) is 15.0. The van der Waals surface area contributed by atoms with Gasteiger partial charge >= 0.3 is 0 Å². The quantitative estimate of drug-likeness (QED) is 0.655. The van der Waals surface area contributed by atoms with E-state index in [-0.39, 0.29) is 0 Å². The molecule has 4 rings (SSSR count). The fourth-order valence-corrected chi connectivity index (χ4v) is 4.07. The summed E-state index contributed by atoms with van der Waals surface area (Å²) in [5.74, 6) is -1.44. The number of aromatic nitrogens is 1. The fourth-order valence-electron chi connectivity index (χ4n) is 3.05. The first-order valence-corrected chi connectivity index (χ1v) is 8.90. The van der Waals surface area contributed by atoms with Crippen molar-refractivity contribution in [1.29, 1.82) is 0 Å². The Bertz CT molecular complexity index is 1110. The molecule has 0 fully saturated rings. The highest BCUT2D eigenvalue weighted by Crippen LogP contribution is 2.24. The van der Waals surface area contributed by atoms with E-state index < -0.39 is 23.8 Å². The summed E-state index contributed by atoms with van der Waals surface area (Å²) in [5.41, 5.74) is 1.62. The molecular weight excluding hydrogens is 350 g/mol. The van der Waals surface area contributed by atoms with Crippen molar-refractivity contribution in [3.05, 3.63) is 64.5 Å². The zero-order valence-electron chi connectivity index (χ0n) is 14.2. The maximum Gasteiger partial charge on any atom is 0.271 e. The van der Waals surface area contributed by atoms with Crippen LogP contribution in [0, 0.1) is 0 Å². The van der Waals surface area contributed by atoms with Crippen LogP contribution < -0.4 is 4.80 Å². The summed E-state index contributed by atoms with van der Waals surface area (Å²) in [6, 6.07) is 13.4. The van der Waals surface area contributed by atoms with E-state index in [1.165, 1.54) is 18.3 Å². The number of thiazole rings is 1. The average molecular weight is 365 g/mol. The van der Waals surface area contributed by atoms with Crippen LogP contribution in [0.15, 0.2) is 53.5 Å². The summed E-state index contributed by atoms with van der Waals surface area (Å²) in [6.45, 7) is 1.53. The summed E-state index contributed by atoms with van der Waals surface area (Å²) >= 11 is 1.39. The molecule has 3 aromatic rings. The van der Waals surface area contributed by atoms with Gasteiger partial charge in [-0.25, -0.2) is 0 Å². The third-order valence-corrected chi connectivity index (χ3v) is 5.60. The van der Waals surface area contributed by atoms with Gasteiger partial charge in [0.1, 0.15) is 6.04 Å². The SMILES string of the molecule is CC(C(=O)N=c1sc2ccccc2n1C)N1C(=O)c2ccccc2C1=O. The molecule has 1 unspecified atom stereocenters. The number of rotatable bonds is 2. The van der Waals surface area contributed by atoms with Crippen LogP contribution in [0.3, 0.4) is 0 Å². The lowest BCUT2D eigenvalue weighted by atomic mass is 10.1. The molecule has 0 saturated heterocycles. The second-order valence-electron chi connectivity index (χ2n) is 6.06. The summed E-state index contributed by atoms with van der Waals surface area (Å²) in [5, 5.41) is 0. The first-order chi connectivity index (χ1) is 12.5. The van der Waals surface area contributed by atoms with Crippen molar-refractivity contribution in [1.82, 2.24) is 9.47 Å². The lowest BCUT2D eigenvalue weighted by Gasteiger charge is -2.19. The molecule has 0 saturated carbocycles. The Kier molecular flexibility index (Phi) is 3.81. The number of nitrogens with zero attached hydrogens (tertiary/aromatic N) is 3. The summed E-state index contributed by atoms with van der Waals surface area (Å²) in [6.07, 6.45) is 0. The van der Waals surface area contributed by atoms with Gasteiger partial charge in [0.05, 0.1) is 21.3 Å². The minimum Gasteiger partial charge on any atom is -0.319 e. The molecule has 6 nitrogen and oxygen atoms in total. The molecule has 2 aromatic carbocycles. The van der Waals surface area contributed by atoms with Crippen LogP contribution in [0.2, 0.25) is 0 Å². The van der Waals surface area contributed by atoms with E-state index in [9.17, 15) is 14.4 Å². The van der Waals surface area contributed by atoms with Gasteiger partial charge in [0.15, 0.2) is 4.80 Å². The molecule has 0 bridgehead atoms. The Balaban J connectivity index is 1.70. The number of amides is 3. The highest BCUT2D eigenvalue weighted by atomic mass is 32.1. The van der Waals surface area contributed by atoms with Crippen molar-refractivity contribution in [3.63, 3.8) is 0 Å². The van der Waals surface area contributed by atoms with Gasteiger partial charge in [-0.1, -0.05) is 35.6 Å². The van der Waals surface area contributed by atoms with E-state index in [1.807, 2.05) is 35.9 Å². The van der Waals surface area contributed by atoms with Crippen molar-refractivity contribution in [3.8, 4) is 0 Å². The van der Waals surface area contributed by atoms with Crippen LogP contribution in [0.1, 0.15) is 27.6 Å². The van der Waals surface area contributed by atoms with Gasteiger partial charge in [-0.2, -0.15) is 4.99 Å². The number of hydrogen-bond acceptors (Lipinski definition) is 4. The van der Waals surface area contributed by atoms with Crippen LogP contribution in [0.5, 0.6) is 0 Å². The van der Waals surface area contributed by atoms with Crippen molar-refractivity contribution >= 4 is 39.3 Å². The van der Waals surface area contributed by atoms with Crippen molar-refractivity contribution in [2.45, 2.75) is 13.0 Å². The molecule has 7 heteroatoms. The maximum atomic E-state index is 12.7. The molecule has 0 N–H and O–H groups in total. The number of para-hydroxylation sites is 1. The van der Waals surface area contributed by atoms with Crippen LogP contribution in [-0.2, 0) is 11.8 Å². The van der Waals surface area contributed by atoms with E-state index in [2.05, 4.69) is 4.99 Å². The Morgan fingerprint density at radius 1 is 1.00 bits per heavy atom. The van der Waals surface area contributed by atoms with Gasteiger partial charge in [-0.15, -0.1) is 0 Å². The molecule has 0 radical (unpaired) electrons. The summed E-state index contributed by atoms with van der Waals surface area (Å²) in [4.78, 5) is 43.4. The third-order valence-electron chi connectivity index (χ3n) is 4.49. The first-order valence-electron chi connectivity index (χ1n) is 8.09. The normalized spacial score (nSPS) is 15.6. The lowest BCUT2D eigenvalue weighted by Crippen LogP contribution is -2.42. The molecule has 0 spiro atoms. The van der Waals surface area contributed by atoms with Gasteiger partial charge in [0.25, 0.3) is 17.7 Å². The molecule has 1 aliphatic rings. The second-order valence-corrected chi connectivity index (χ2v) is 7.07. The molecule has 130 valence electrons. The highest BCUT2D eigenvalue weighted by molar-refractivity contribution is 7.16. The number of aryl methyl sites for hydroxylation is 1. The summed E-state index contributed by atoms with van der Waals surface area (Å²) in [7, 11) is 1.83. The Morgan fingerprint density at radius 2 is 1.58 bits per heavy atom. The van der Waals surface area contributed by atoms with E-state index >= 15 is 0 Å². The highest BCUT2D eigenvalue weighted by Gasteiger charge is 2.40. The molecule has 26 heavy (non-hydrogen) atoms. The lowest BCUT2D eigenvalue weighted by molar-refractivity contribution is -0.121. The van der Waals surface area contributed by atoms with Crippen molar-refractivity contribution < 1.29 is 14.4 Å². The zero-order chi connectivity index (χ0) is 18.4. The standard InChI is InChI=1S/C19H15N3O3S/c1-11(22-17(24)12-7-3-4-8-13(12)18(22)25)16(23)20-19-21(2)14-9-5-6-10-15(14)26-19/h3-11H,1-2H3. The number of imide groups is 1. The van der Waals surface area contributed by atoms with Crippen LogP contribution in [0.4, 0.5) is 0 Å². The summed E-state index contributed by atoms with van der Waals surface area (Å²) < 4.78 is 2.84. The van der Waals surface area contributed by atoms with Gasteiger partial charge in [-0.05, 0) is 31.2 Å². The molecule has 3 amide bonds. The number of fused-ring (bicyclic) bond motifs is 2. The number of hydrogen-bond donors (Lipinski definition) is 0. The molecule has 2 heterocycles. The van der Waals surface area contributed by atoms with E-state index in [1.54, 1.807) is 24.3 Å². The predicted molar refractivity (Wildman–Crippen MR) is 97.8 cm³/mol. The van der Waals surface area contributed by atoms with Crippen LogP contribution in [-0.4, -0.2) is 33.2 Å². The van der Waals surface area contributed by atoms with Gasteiger partial charge < -0.3 is 4.57 Å². The topological polar surface area (TPSA) is 71.7 Å². The minimum absolute atomic E-state index is 0.324. The van der Waals surface area contributed by atoms with Gasteiger partial charge in [0.2, 0.25) is 0 Å². The Morgan fingerprint density at radius 3 is 2.19 bits per heavy atom. The monoisotopic (exact) mass is 365 g/mol.